The predicted molar refractivity (Wildman–Crippen MR) is 41.3 cm³/mol. The lowest BCUT2D eigenvalue weighted by molar-refractivity contribution is 0.602. The summed E-state index contributed by atoms with van der Waals surface area (Å²) in [6, 6.07) is 9.27. The van der Waals surface area contributed by atoms with Crippen molar-refractivity contribution in [3.63, 3.8) is 0 Å². The van der Waals surface area contributed by atoms with Gasteiger partial charge in [-0.05, 0) is 18.2 Å². The Hall–Kier alpha value is -1.57. The van der Waals surface area contributed by atoms with Crippen LogP contribution >= 0.6 is 0 Å². The molecule has 0 N–H and O–H groups in total. The zero-order valence-corrected chi connectivity index (χ0v) is 5.70. The molecule has 0 spiro atoms. The summed E-state index contributed by atoms with van der Waals surface area (Å²) in [5, 5.41) is 0.579. The van der Waals surface area contributed by atoms with Crippen molar-refractivity contribution in [3.8, 4) is 0 Å². The maximum atomic E-state index is 11.1. The highest BCUT2D eigenvalue weighted by Gasteiger charge is 1.95. The summed E-state index contributed by atoms with van der Waals surface area (Å²) in [5.74, 6) is 0. The number of fused-ring (bicyclic) bond motifs is 1. The van der Waals surface area contributed by atoms with E-state index in [4.69, 9.17) is 4.42 Å². The molecule has 0 saturated carbocycles. The summed E-state index contributed by atoms with van der Waals surface area (Å²) in [6.45, 7) is 0. The van der Waals surface area contributed by atoms with Crippen LogP contribution in [0.3, 0.4) is 0 Å². The van der Waals surface area contributed by atoms with Crippen molar-refractivity contribution in [1.29, 1.82) is 0 Å². The molecule has 0 atom stereocenters. The molecule has 2 rings (SSSR count). The molecule has 53 valence electrons. The van der Waals surface area contributed by atoms with Crippen molar-refractivity contribution in [2.75, 3.05) is 0 Å². The standard InChI is InChI=1S/C9H5O2/c10-8-5-6-11-9-4-2-1-3-7(8)9/h2-6H. The number of hydrogen-bond acceptors (Lipinski definition) is 2. The Bertz CT molecular complexity index is 423. The molecule has 1 heterocycles. The zero-order valence-electron chi connectivity index (χ0n) is 5.70. The third kappa shape index (κ3) is 0.923. The minimum absolute atomic E-state index is 0.0249. The van der Waals surface area contributed by atoms with Gasteiger partial charge in [-0.1, -0.05) is 6.07 Å². The van der Waals surface area contributed by atoms with Crippen molar-refractivity contribution < 1.29 is 4.42 Å². The molecule has 1 radical (unpaired) electrons. The van der Waals surface area contributed by atoms with E-state index in [9.17, 15) is 4.79 Å². The second kappa shape index (κ2) is 2.23. The Morgan fingerprint density at radius 2 is 2.27 bits per heavy atom. The fourth-order valence-corrected chi connectivity index (χ4v) is 0.970. The Balaban J connectivity index is 3.03. The molecule has 2 heteroatoms. The van der Waals surface area contributed by atoms with Crippen molar-refractivity contribution in [3.05, 3.63) is 46.8 Å². The summed E-state index contributed by atoms with van der Waals surface area (Å²) in [7, 11) is 0. The van der Waals surface area contributed by atoms with Crippen LogP contribution in [-0.4, -0.2) is 0 Å². The van der Waals surface area contributed by atoms with Crippen LogP contribution in [0, 0.1) is 6.07 Å². The zero-order chi connectivity index (χ0) is 7.68. The van der Waals surface area contributed by atoms with E-state index in [1.807, 2.05) is 0 Å². The van der Waals surface area contributed by atoms with Gasteiger partial charge in [0.1, 0.15) is 5.58 Å². The highest BCUT2D eigenvalue weighted by Crippen LogP contribution is 2.06. The topological polar surface area (TPSA) is 30.2 Å². The van der Waals surface area contributed by atoms with Crippen LogP contribution in [0.4, 0.5) is 0 Å². The fraction of sp³-hybridized carbons (Fsp3) is 0. The SMILES string of the molecule is O=c1ccoc2cc[c]cc12. The van der Waals surface area contributed by atoms with E-state index in [-0.39, 0.29) is 5.43 Å². The number of hydrogen-bond donors (Lipinski definition) is 0. The van der Waals surface area contributed by atoms with Gasteiger partial charge in [-0.15, -0.1) is 0 Å². The molecule has 0 bridgehead atoms. The summed E-state index contributed by atoms with van der Waals surface area (Å²) < 4.78 is 5.07. The van der Waals surface area contributed by atoms with Crippen LogP contribution in [0.15, 0.2) is 39.7 Å². The van der Waals surface area contributed by atoms with Gasteiger partial charge < -0.3 is 4.42 Å². The molecule has 0 amide bonds. The van der Waals surface area contributed by atoms with Gasteiger partial charge in [0.25, 0.3) is 0 Å². The molecule has 2 aromatic rings. The molecular formula is C9H5O2. The van der Waals surface area contributed by atoms with E-state index in [0.717, 1.165) is 0 Å². The molecule has 0 aliphatic carbocycles. The number of benzene rings is 1. The quantitative estimate of drug-likeness (QED) is 0.563. The largest absolute Gasteiger partial charge is 0.464 e. The summed E-state index contributed by atoms with van der Waals surface area (Å²) in [6.07, 6.45) is 1.39. The first kappa shape index (κ1) is 6.16. The second-order valence-corrected chi connectivity index (χ2v) is 2.21. The van der Waals surface area contributed by atoms with Crippen LogP contribution in [0.1, 0.15) is 0 Å². The lowest BCUT2D eigenvalue weighted by Gasteiger charge is -1.91. The molecule has 1 aromatic carbocycles. The van der Waals surface area contributed by atoms with Gasteiger partial charge in [0, 0.05) is 6.07 Å². The van der Waals surface area contributed by atoms with E-state index < -0.39 is 0 Å². The van der Waals surface area contributed by atoms with Gasteiger partial charge in [-0.25, -0.2) is 0 Å². The molecule has 1 aromatic heterocycles. The Kier molecular flexibility index (Phi) is 1.25. The molecular weight excluding hydrogens is 140 g/mol. The minimum Gasteiger partial charge on any atom is -0.464 e. The van der Waals surface area contributed by atoms with Crippen LogP contribution in [-0.2, 0) is 0 Å². The monoisotopic (exact) mass is 145 g/mol. The Morgan fingerprint density at radius 1 is 1.36 bits per heavy atom. The van der Waals surface area contributed by atoms with E-state index >= 15 is 0 Å². The van der Waals surface area contributed by atoms with Gasteiger partial charge in [0.15, 0.2) is 5.43 Å². The van der Waals surface area contributed by atoms with Crippen LogP contribution in [0.5, 0.6) is 0 Å². The van der Waals surface area contributed by atoms with E-state index in [2.05, 4.69) is 6.07 Å². The molecule has 0 aliphatic rings. The Morgan fingerprint density at radius 3 is 3.09 bits per heavy atom. The highest BCUT2D eigenvalue weighted by atomic mass is 16.3. The summed E-state index contributed by atoms with van der Waals surface area (Å²) >= 11 is 0. The van der Waals surface area contributed by atoms with E-state index in [1.54, 1.807) is 18.2 Å². The van der Waals surface area contributed by atoms with Crippen LogP contribution in [0.25, 0.3) is 11.0 Å². The first-order valence-corrected chi connectivity index (χ1v) is 3.25. The molecule has 11 heavy (non-hydrogen) atoms. The Labute approximate surface area is 63.1 Å². The average molecular weight is 145 g/mol. The maximum absolute atomic E-state index is 11.1. The first-order valence-electron chi connectivity index (χ1n) is 3.25. The van der Waals surface area contributed by atoms with Crippen molar-refractivity contribution in [2.45, 2.75) is 0 Å². The van der Waals surface area contributed by atoms with Crippen molar-refractivity contribution in [1.82, 2.24) is 0 Å². The fourth-order valence-electron chi connectivity index (χ4n) is 0.970. The third-order valence-electron chi connectivity index (χ3n) is 1.50. The van der Waals surface area contributed by atoms with Gasteiger partial charge in [-0.2, -0.15) is 0 Å². The lowest BCUT2D eigenvalue weighted by Crippen LogP contribution is -1.96. The van der Waals surface area contributed by atoms with Crippen LogP contribution in [0.2, 0.25) is 0 Å². The van der Waals surface area contributed by atoms with Gasteiger partial charge in [-0.3, -0.25) is 4.79 Å². The minimum atomic E-state index is -0.0249. The molecule has 0 saturated heterocycles. The predicted octanol–water partition coefficient (Wildman–Crippen LogP) is 1.59. The summed E-state index contributed by atoms with van der Waals surface area (Å²) in [5.41, 5.74) is 0.583. The first-order chi connectivity index (χ1) is 5.38. The highest BCUT2D eigenvalue weighted by molar-refractivity contribution is 5.75. The second-order valence-electron chi connectivity index (χ2n) is 2.21. The van der Waals surface area contributed by atoms with E-state index in [1.165, 1.54) is 12.3 Å². The molecule has 0 unspecified atom stereocenters. The van der Waals surface area contributed by atoms with Crippen LogP contribution < -0.4 is 5.43 Å². The molecule has 0 aliphatic heterocycles. The van der Waals surface area contributed by atoms with E-state index in [0.29, 0.717) is 11.0 Å². The smallest absolute Gasteiger partial charge is 0.192 e. The number of rotatable bonds is 0. The maximum Gasteiger partial charge on any atom is 0.192 e. The van der Waals surface area contributed by atoms with Crippen molar-refractivity contribution in [2.24, 2.45) is 0 Å². The van der Waals surface area contributed by atoms with Gasteiger partial charge in [0.05, 0.1) is 11.6 Å². The van der Waals surface area contributed by atoms with Crippen molar-refractivity contribution >= 4 is 11.0 Å². The summed E-state index contributed by atoms with van der Waals surface area (Å²) in [4.78, 5) is 11.1. The lowest BCUT2D eigenvalue weighted by atomic mass is 10.2. The molecule has 2 nitrogen and oxygen atoms in total. The molecule has 0 fully saturated rings. The normalized spacial score (nSPS) is 10.2. The average Bonchev–Trinajstić information content (AvgIpc) is 2.06. The third-order valence-corrected chi connectivity index (χ3v) is 1.50. The van der Waals surface area contributed by atoms with Gasteiger partial charge >= 0.3 is 0 Å². The van der Waals surface area contributed by atoms with Gasteiger partial charge in [0.2, 0.25) is 0 Å².